The molecule has 0 aromatic heterocycles. The maximum Gasteiger partial charge on any atom is 0.340 e. The maximum atomic E-state index is 13.3. The van der Waals surface area contributed by atoms with Crippen molar-refractivity contribution in [2.75, 3.05) is 37.7 Å². The molecule has 7 nitrogen and oxygen atoms in total. The number of esters is 1. The number of amides is 2. The zero-order chi connectivity index (χ0) is 22.7. The lowest BCUT2D eigenvalue weighted by Crippen LogP contribution is -3.13. The molecular formula is C24H25ClN3O4+. The molecule has 0 spiro atoms. The Morgan fingerprint density at radius 2 is 1.66 bits per heavy atom. The number of halogens is 1. The number of anilines is 1. The van der Waals surface area contributed by atoms with Gasteiger partial charge in [0.05, 0.1) is 44.0 Å². The molecule has 1 fully saturated rings. The first-order valence-electron chi connectivity index (χ1n) is 10.7. The maximum absolute atomic E-state index is 13.3. The Balaban J connectivity index is 1.50. The second kappa shape index (κ2) is 9.54. The van der Waals surface area contributed by atoms with Crippen molar-refractivity contribution in [2.45, 2.75) is 13.5 Å². The van der Waals surface area contributed by atoms with Gasteiger partial charge in [-0.25, -0.2) is 9.69 Å². The highest BCUT2D eigenvalue weighted by atomic mass is 35.5. The largest absolute Gasteiger partial charge is 0.462 e. The minimum absolute atomic E-state index is 0.111. The number of nitrogens with zero attached hydrogens (tertiary/aromatic N) is 2. The van der Waals surface area contributed by atoms with Gasteiger partial charge in [-0.3, -0.25) is 9.59 Å². The molecule has 2 aromatic carbocycles. The van der Waals surface area contributed by atoms with Crippen LogP contribution in [-0.4, -0.2) is 55.5 Å². The Morgan fingerprint density at radius 1 is 1.00 bits per heavy atom. The van der Waals surface area contributed by atoms with Gasteiger partial charge in [0.1, 0.15) is 17.3 Å². The lowest BCUT2D eigenvalue weighted by Gasteiger charge is -2.34. The van der Waals surface area contributed by atoms with Crippen molar-refractivity contribution >= 4 is 35.1 Å². The molecule has 2 aliphatic heterocycles. The molecule has 1 saturated heterocycles. The van der Waals surface area contributed by atoms with Crippen LogP contribution >= 0.6 is 11.6 Å². The summed E-state index contributed by atoms with van der Waals surface area (Å²) in [5, 5.41) is -0.111. The fourth-order valence-electron chi connectivity index (χ4n) is 4.14. The van der Waals surface area contributed by atoms with Crippen LogP contribution in [0.4, 0.5) is 5.69 Å². The number of hydrogen-bond donors (Lipinski definition) is 1. The van der Waals surface area contributed by atoms with Gasteiger partial charge in [0.15, 0.2) is 0 Å². The molecule has 2 amide bonds. The number of carbonyl (C=O) groups excluding carboxylic acids is 3. The van der Waals surface area contributed by atoms with E-state index in [1.165, 1.54) is 16.5 Å². The molecule has 2 aromatic rings. The number of imide groups is 1. The molecule has 4 rings (SSSR count). The SMILES string of the molecule is CCOC(=O)c1ccccc1N1C(=O)C(Cl)=C(N2CC[NH+](Cc3ccccc3)CC2)C1=O. The Hall–Kier alpha value is -3.16. The third kappa shape index (κ3) is 4.26. The van der Waals surface area contributed by atoms with E-state index in [1.807, 2.05) is 23.1 Å². The fourth-order valence-corrected chi connectivity index (χ4v) is 4.43. The van der Waals surface area contributed by atoms with E-state index >= 15 is 0 Å². The molecule has 0 saturated carbocycles. The van der Waals surface area contributed by atoms with E-state index in [9.17, 15) is 14.4 Å². The minimum Gasteiger partial charge on any atom is -0.462 e. The van der Waals surface area contributed by atoms with Crippen molar-refractivity contribution in [3.8, 4) is 0 Å². The van der Waals surface area contributed by atoms with Crippen LogP contribution < -0.4 is 9.80 Å². The molecule has 0 aliphatic carbocycles. The zero-order valence-corrected chi connectivity index (χ0v) is 18.6. The number of rotatable bonds is 6. The van der Waals surface area contributed by atoms with Crippen molar-refractivity contribution in [1.82, 2.24) is 4.90 Å². The molecular weight excluding hydrogens is 430 g/mol. The Morgan fingerprint density at radius 3 is 2.34 bits per heavy atom. The topological polar surface area (TPSA) is 71.4 Å². The first kappa shape index (κ1) is 22.0. The zero-order valence-electron chi connectivity index (χ0n) is 17.8. The highest BCUT2D eigenvalue weighted by Gasteiger charge is 2.43. The smallest absolute Gasteiger partial charge is 0.340 e. The van der Waals surface area contributed by atoms with E-state index in [2.05, 4.69) is 12.1 Å². The summed E-state index contributed by atoms with van der Waals surface area (Å²) in [5.41, 5.74) is 1.80. The predicted octanol–water partition coefficient (Wildman–Crippen LogP) is 1.59. The van der Waals surface area contributed by atoms with Gasteiger partial charge in [-0.1, -0.05) is 54.1 Å². The highest BCUT2D eigenvalue weighted by molar-refractivity contribution is 6.52. The van der Waals surface area contributed by atoms with E-state index in [4.69, 9.17) is 16.3 Å². The fraction of sp³-hybridized carbons (Fsp3) is 0.292. The van der Waals surface area contributed by atoms with E-state index in [1.54, 1.807) is 25.1 Å². The van der Waals surface area contributed by atoms with Crippen LogP contribution in [0.15, 0.2) is 65.3 Å². The van der Waals surface area contributed by atoms with Crippen LogP contribution in [0.3, 0.4) is 0 Å². The number of carbonyl (C=O) groups is 3. The summed E-state index contributed by atoms with van der Waals surface area (Å²) in [7, 11) is 0. The van der Waals surface area contributed by atoms with Crippen LogP contribution in [0.5, 0.6) is 0 Å². The number of hydrogen-bond acceptors (Lipinski definition) is 5. The van der Waals surface area contributed by atoms with Gasteiger partial charge in [0.25, 0.3) is 11.8 Å². The third-order valence-electron chi connectivity index (χ3n) is 5.73. The highest BCUT2D eigenvalue weighted by Crippen LogP contribution is 2.33. The molecule has 0 bridgehead atoms. The van der Waals surface area contributed by atoms with Gasteiger partial charge in [-0.2, -0.15) is 0 Å². The summed E-state index contributed by atoms with van der Waals surface area (Å²) in [4.78, 5) is 42.9. The summed E-state index contributed by atoms with van der Waals surface area (Å²) in [6.07, 6.45) is 0. The monoisotopic (exact) mass is 454 g/mol. The standard InChI is InChI=1S/C24H24ClN3O4/c1-2-32-24(31)18-10-6-7-11-19(18)28-22(29)20(25)21(23(28)30)27-14-12-26(13-15-27)16-17-8-4-3-5-9-17/h3-11H,2,12-16H2,1H3/p+1. The molecule has 0 unspecified atom stereocenters. The van der Waals surface area contributed by atoms with E-state index in [-0.39, 0.29) is 28.6 Å². The van der Waals surface area contributed by atoms with Crippen molar-refractivity contribution in [2.24, 2.45) is 0 Å². The minimum atomic E-state index is -0.623. The predicted molar refractivity (Wildman–Crippen MR) is 120 cm³/mol. The molecule has 2 heterocycles. The average molecular weight is 455 g/mol. The Bertz CT molecular complexity index is 1060. The van der Waals surface area contributed by atoms with Crippen LogP contribution in [0.2, 0.25) is 0 Å². The van der Waals surface area contributed by atoms with Crippen LogP contribution in [0.25, 0.3) is 0 Å². The Kier molecular flexibility index (Phi) is 6.58. The molecule has 2 aliphatic rings. The molecule has 0 atom stereocenters. The quantitative estimate of drug-likeness (QED) is 0.530. The van der Waals surface area contributed by atoms with Gasteiger partial charge >= 0.3 is 5.97 Å². The third-order valence-corrected chi connectivity index (χ3v) is 6.07. The number of benzene rings is 2. The summed E-state index contributed by atoms with van der Waals surface area (Å²) in [5.74, 6) is -1.72. The number of quaternary nitrogens is 1. The molecule has 166 valence electrons. The summed E-state index contributed by atoms with van der Waals surface area (Å²) < 4.78 is 5.08. The van der Waals surface area contributed by atoms with Crippen molar-refractivity contribution in [1.29, 1.82) is 0 Å². The van der Waals surface area contributed by atoms with Gasteiger partial charge in [-0.15, -0.1) is 0 Å². The van der Waals surface area contributed by atoms with Gasteiger partial charge in [0, 0.05) is 5.56 Å². The number of nitrogens with one attached hydrogen (secondary N) is 1. The summed E-state index contributed by atoms with van der Waals surface area (Å²) in [6, 6.07) is 16.7. The number of piperazine rings is 1. The van der Waals surface area contributed by atoms with Crippen LogP contribution in [0.1, 0.15) is 22.8 Å². The molecule has 32 heavy (non-hydrogen) atoms. The van der Waals surface area contributed by atoms with Crippen molar-refractivity contribution < 1.29 is 24.0 Å². The molecule has 8 heteroatoms. The summed E-state index contributed by atoms with van der Waals surface area (Å²) in [6.45, 7) is 5.66. The Labute approximate surface area is 191 Å². The van der Waals surface area contributed by atoms with Crippen LogP contribution in [-0.2, 0) is 20.9 Å². The van der Waals surface area contributed by atoms with E-state index < -0.39 is 17.8 Å². The summed E-state index contributed by atoms with van der Waals surface area (Å²) >= 11 is 6.36. The lowest BCUT2D eigenvalue weighted by molar-refractivity contribution is -0.917. The lowest BCUT2D eigenvalue weighted by atomic mass is 10.1. The second-order valence-electron chi connectivity index (χ2n) is 7.75. The first-order chi connectivity index (χ1) is 15.5. The van der Waals surface area contributed by atoms with Crippen molar-refractivity contribution in [3.63, 3.8) is 0 Å². The number of para-hydroxylation sites is 1. The van der Waals surface area contributed by atoms with Crippen LogP contribution in [0, 0.1) is 0 Å². The molecule has 0 radical (unpaired) electrons. The number of ether oxygens (including phenoxy) is 1. The van der Waals surface area contributed by atoms with Crippen molar-refractivity contribution in [3.05, 3.63) is 76.5 Å². The first-order valence-corrected chi connectivity index (χ1v) is 11.1. The average Bonchev–Trinajstić information content (AvgIpc) is 3.03. The van der Waals surface area contributed by atoms with Gasteiger partial charge in [0.2, 0.25) is 0 Å². The normalized spacial score (nSPS) is 17.3. The van der Waals surface area contributed by atoms with E-state index in [0.29, 0.717) is 13.1 Å². The van der Waals surface area contributed by atoms with E-state index in [0.717, 1.165) is 24.5 Å². The van der Waals surface area contributed by atoms with Gasteiger partial charge < -0.3 is 14.5 Å². The second-order valence-corrected chi connectivity index (χ2v) is 8.12. The van der Waals surface area contributed by atoms with Gasteiger partial charge in [-0.05, 0) is 19.1 Å². The molecule has 1 N–H and O–H groups in total.